The summed E-state index contributed by atoms with van der Waals surface area (Å²) in [6.45, 7) is 7.78. The second-order valence-electron chi connectivity index (χ2n) is 4.04. The normalized spacial score (nSPS) is 10.5. The van der Waals surface area contributed by atoms with E-state index in [9.17, 15) is 0 Å². The SMILES string of the molecule is CCOCCN(CCOCC)c1nccc(C(=N)N)n1. The van der Waals surface area contributed by atoms with Crippen LogP contribution in [0.4, 0.5) is 5.95 Å². The summed E-state index contributed by atoms with van der Waals surface area (Å²) in [4.78, 5) is 10.5. The fraction of sp³-hybridized carbons (Fsp3) is 0.615. The average molecular weight is 281 g/mol. The number of amidine groups is 1. The van der Waals surface area contributed by atoms with Gasteiger partial charge in [-0.1, -0.05) is 0 Å². The molecule has 0 aliphatic carbocycles. The molecule has 20 heavy (non-hydrogen) atoms. The number of anilines is 1. The van der Waals surface area contributed by atoms with Gasteiger partial charge in [0.2, 0.25) is 5.95 Å². The Labute approximate surface area is 119 Å². The molecule has 0 spiro atoms. The Bertz CT molecular complexity index is 404. The van der Waals surface area contributed by atoms with Crippen LogP contribution in [-0.4, -0.2) is 55.3 Å². The van der Waals surface area contributed by atoms with E-state index in [-0.39, 0.29) is 5.84 Å². The molecule has 112 valence electrons. The van der Waals surface area contributed by atoms with Crippen LogP contribution < -0.4 is 10.6 Å². The van der Waals surface area contributed by atoms with Crippen molar-refractivity contribution in [3.63, 3.8) is 0 Å². The number of nitrogens with two attached hydrogens (primary N) is 1. The van der Waals surface area contributed by atoms with Gasteiger partial charge < -0.3 is 20.1 Å². The Balaban J connectivity index is 2.73. The van der Waals surface area contributed by atoms with Gasteiger partial charge in [0, 0.05) is 32.5 Å². The van der Waals surface area contributed by atoms with Crippen LogP contribution in [0, 0.1) is 5.41 Å². The fourth-order valence-electron chi connectivity index (χ4n) is 1.60. The van der Waals surface area contributed by atoms with Crippen LogP contribution in [0.25, 0.3) is 0 Å². The van der Waals surface area contributed by atoms with Gasteiger partial charge in [0.05, 0.1) is 13.2 Å². The summed E-state index contributed by atoms with van der Waals surface area (Å²) in [7, 11) is 0. The van der Waals surface area contributed by atoms with E-state index in [0.29, 0.717) is 51.2 Å². The van der Waals surface area contributed by atoms with E-state index in [0.717, 1.165) is 0 Å². The van der Waals surface area contributed by atoms with E-state index in [1.807, 2.05) is 18.7 Å². The molecule has 1 heterocycles. The minimum absolute atomic E-state index is 0.0665. The first-order valence-corrected chi connectivity index (χ1v) is 6.76. The van der Waals surface area contributed by atoms with Gasteiger partial charge in [0.1, 0.15) is 11.5 Å². The maximum atomic E-state index is 7.43. The molecule has 0 saturated heterocycles. The molecule has 7 nitrogen and oxygen atoms in total. The minimum atomic E-state index is -0.0665. The summed E-state index contributed by atoms with van der Waals surface area (Å²) in [6, 6.07) is 1.62. The number of hydrogen-bond donors (Lipinski definition) is 2. The van der Waals surface area contributed by atoms with Crippen molar-refractivity contribution in [1.29, 1.82) is 5.41 Å². The first-order chi connectivity index (χ1) is 9.69. The summed E-state index contributed by atoms with van der Waals surface area (Å²) in [5.74, 6) is 0.473. The zero-order valence-electron chi connectivity index (χ0n) is 12.1. The molecule has 3 N–H and O–H groups in total. The summed E-state index contributed by atoms with van der Waals surface area (Å²) < 4.78 is 10.7. The summed E-state index contributed by atoms with van der Waals surface area (Å²) in [5.41, 5.74) is 5.88. The maximum absolute atomic E-state index is 7.43. The van der Waals surface area contributed by atoms with Crippen LogP contribution >= 0.6 is 0 Å². The van der Waals surface area contributed by atoms with Crippen molar-refractivity contribution in [3.05, 3.63) is 18.0 Å². The number of nitrogens with zero attached hydrogens (tertiary/aromatic N) is 3. The minimum Gasteiger partial charge on any atom is -0.382 e. The van der Waals surface area contributed by atoms with E-state index in [1.165, 1.54) is 0 Å². The van der Waals surface area contributed by atoms with Crippen molar-refractivity contribution in [2.45, 2.75) is 13.8 Å². The molecule has 0 radical (unpaired) electrons. The third kappa shape index (κ3) is 5.50. The molecule has 1 aromatic heterocycles. The third-order valence-electron chi connectivity index (χ3n) is 2.62. The molecule has 7 heteroatoms. The maximum Gasteiger partial charge on any atom is 0.226 e. The first-order valence-electron chi connectivity index (χ1n) is 6.76. The highest BCUT2D eigenvalue weighted by atomic mass is 16.5. The molecule has 1 aromatic rings. The molecule has 0 bridgehead atoms. The first kappa shape index (κ1) is 16.3. The zero-order chi connectivity index (χ0) is 14.8. The Morgan fingerprint density at radius 2 is 1.85 bits per heavy atom. The van der Waals surface area contributed by atoms with E-state index in [1.54, 1.807) is 12.3 Å². The van der Waals surface area contributed by atoms with E-state index < -0.39 is 0 Å². The molecule has 0 aliphatic heterocycles. The number of nitrogens with one attached hydrogen (secondary N) is 1. The highest BCUT2D eigenvalue weighted by molar-refractivity contribution is 5.93. The van der Waals surface area contributed by atoms with Gasteiger partial charge >= 0.3 is 0 Å². The number of rotatable bonds is 10. The smallest absolute Gasteiger partial charge is 0.226 e. The lowest BCUT2D eigenvalue weighted by Crippen LogP contribution is -2.33. The quantitative estimate of drug-likeness (QED) is 0.371. The van der Waals surface area contributed by atoms with Crippen molar-refractivity contribution >= 4 is 11.8 Å². The molecule has 0 unspecified atom stereocenters. The van der Waals surface area contributed by atoms with Crippen LogP contribution in [-0.2, 0) is 9.47 Å². The Morgan fingerprint density at radius 3 is 2.35 bits per heavy atom. The number of ether oxygens (including phenoxy) is 2. The molecule has 0 aromatic carbocycles. The third-order valence-corrected chi connectivity index (χ3v) is 2.62. The molecule has 1 rings (SSSR count). The molecular formula is C13H23N5O2. The number of aromatic nitrogens is 2. The number of nitrogen functional groups attached to an aromatic ring is 1. The van der Waals surface area contributed by atoms with Crippen molar-refractivity contribution in [1.82, 2.24) is 9.97 Å². The molecular weight excluding hydrogens is 258 g/mol. The molecule has 0 atom stereocenters. The summed E-state index contributed by atoms with van der Waals surface area (Å²) in [6.07, 6.45) is 1.60. The second-order valence-corrected chi connectivity index (χ2v) is 4.04. The van der Waals surface area contributed by atoms with Gasteiger partial charge in [0.15, 0.2) is 0 Å². The van der Waals surface area contributed by atoms with Gasteiger partial charge in [-0.3, -0.25) is 5.41 Å². The van der Waals surface area contributed by atoms with Crippen LogP contribution in [0.5, 0.6) is 0 Å². The van der Waals surface area contributed by atoms with Gasteiger partial charge in [-0.15, -0.1) is 0 Å². The number of hydrogen-bond acceptors (Lipinski definition) is 6. The monoisotopic (exact) mass is 281 g/mol. The van der Waals surface area contributed by atoms with E-state index in [2.05, 4.69) is 9.97 Å². The average Bonchev–Trinajstić information content (AvgIpc) is 2.46. The van der Waals surface area contributed by atoms with Crippen LogP contribution in [0.3, 0.4) is 0 Å². The highest BCUT2D eigenvalue weighted by Crippen LogP contribution is 2.07. The predicted octanol–water partition coefficient (Wildman–Crippen LogP) is 0.640. The van der Waals surface area contributed by atoms with Gasteiger partial charge in [-0.25, -0.2) is 9.97 Å². The Morgan fingerprint density at radius 1 is 1.25 bits per heavy atom. The zero-order valence-corrected chi connectivity index (χ0v) is 12.1. The Hall–Kier alpha value is -1.73. The Kier molecular flexibility index (Phi) is 7.52. The molecule has 0 saturated carbocycles. The topological polar surface area (TPSA) is 97.4 Å². The van der Waals surface area contributed by atoms with Gasteiger partial charge in [-0.2, -0.15) is 0 Å². The standard InChI is InChI=1S/C13H23N5O2/c1-3-19-9-7-18(8-10-20-4-2)13-16-6-5-11(17-13)12(14)15/h5-6H,3-4,7-10H2,1-2H3,(H3,14,15). The van der Waals surface area contributed by atoms with Crippen molar-refractivity contribution in [2.24, 2.45) is 5.73 Å². The van der Waals surface area contributed by atoms with Crippen molar-refractivity contribution < 1.29 is 9.47 Å². The van der Waals surface area contributed by atoms with Gasteiger partial charge in [-0.05, 0) is 19.9 Å². The molecule has 0 amide bonds. The largest absolute Gasteiger partial charge is 0.382 e. The van der Waals surface area contributed by atoms with E-state index >= 15 is 0 Å². The van der Waals surface area contributed by atoms with Crippen LogP contribution in [0.15, 0.2) is 12.3 Å². The lowest BCUT2D eigenvalue weighted by atomic mass is 10.4. The predicted molar refractivity (Wildman–Crippen MR) is 78.2 cm³/mol. The fourth-order valence-corrected chi connectivity index (χ4v) is 1.60. The lowest BCUT2D eigenvalue weighted by molar-refractivity contribution is 0.141. The van der Waals surface area contributed by atoms with Gasteiger partial charge in [0.25, 0.3) is 0 Å². The highest BCUT2D eigenvalue weighted by Gasteiger charge is 2.11. The lowest BCUT2D eigenvalue weighted by Gasteiger charge is -2.22. The molecule has 0 fully saturated rings. The van der Waals surface area contributed by atoms with Crippen molar-refractivity contribution in [3.8, 4) is 0 Å². The summed E-state index contributed by atoms with van der Waals surface area (Å²) in [5, 5.41) is 7.43. The van der Waals surface area contributed by atoms with Crippen LogP contribution in [0.2, 0.25) is 0 Å². The second kappa shape index (κ2) is 9.22. The summed E-state index contributed by atoms with van der Waals surface area (Å²) >= 11 is 0. The van der Waals surface area contributed by atoms with Crippen molar-refractivity contribution in [2.75, 3.05) is 44.4 Å². The van der Waals surface area contributed by atoms with Crippen LogP contribution in [0.1, 0.15) is 19.5 Å². The molecule has 0 aliphatic rings. The van der Waals surface area contributed by atoms with E-state index in [4.69, 9.17) is 20.6 Å².